The third-order valence-corrected chi connectivity index (χ3v) is 4.31. The van der Waals surface area contributed by atoms with Gasteiger partial charge in [-0.05, 0) is 30.2 Å². The molecule has 0 saturated heterocycles. The van der Waals surface area contributed by atoms with E-state index in [1.54, 1.807) is 18.2 Å². The monoisotopic (exact) mass is 346 g/mol. The first-order valence-corrected chi connectivity index (χ1v) is 9.69. The van der Waals surface area contributed by atoms with Crippen LogP contribution in [0, 0.1) is 0 Å². The molecular formula is C18H22N2O3S. The molecule has 0 heterocycles. The van der Waals surface area contributed by atoms with E-state index in [-0.39, 0.29) is 11.8 Å². The molecule has 0 aliphatic carbocycles. The highest BCUT2D eigenvalue weighted by Crippen LogP contribution is 2.18. The summed E-state index contributed by atoms with van der Waals surface area (Å²) in [5, 5.41) is 2.92. The molecule has 0 radical (unpaired) electrons. The van der Waals surface area contributed by atoms with Gasteiger partial charge in [0.1, 0.15) is 0 Å². The quantitative estimate of drug-likeness (QED) is 0.809. The maximum atomic E-state index is 12.3. The van der Waals surface area contributed by atoms with Gasteiger partial charge in [-0.15, -0.1) is 0 Å². The van der Waals surface area contributed by atoms with Crippen LogP contribution in [0.25, 0.3) is 0 Å². The van der Waals surface area contributed by atoms with E-state index in [0.29, 0.717) is 17.8 Å². The fourth-order valence-corrected chi connectivity index (χ4v) is 3.03. The summed E-state index contributed by atoms with van der Waals surface area (Å²) in [6.45, 7) is 2.61. The average Bonchev–Trinajstić information content (AvgIpc) is 2.55. The van der Waals surface area contributed by atoms with E-state index in [4.69, 9.17) is 0 Å². The lowest BCUT2D eigenvalue weighted by Crippen LogP contribution is -2.28. The van der Waals surface area contributed by atoms with Crippen LogP contribution in [0.4, 0.5) is 5.69 Å². The summed E-state index contributed by atoms with van der Waals surface area (Å²) in [5.41, 5.74) is 1.99. The van der Waals surface area contributed by atoms with E-state index in [0.717, 1.165) is 12.7 Å². The van der Waals surface area contributed by atoms with Crippen LogP contribution in [-0.2, 0) is 10.0 Å². The van der Waals surface area contributed by atoms with Gasteiger partial charge in [-0.2, -0.15) is 0 Å². The lowest BCUT2D eigenvalue weighted by Gasteiger charge is -2.16. The maximum Gasteiger partial charge on any atom is 0.251 e. The second-order valence-corrected chi connectivity index (χ2v) is 7.43. The number of anilines is 1. The van der Waals surface area contributed by atoms with Crippen LogP contribution in [0.2, 0.25) is 0 Å². The van der Waals surface area contributed by atoms with Gasteiger partial charge >= 0.3 is 0 Å². The molecule has 6 heteroatoms. The Hall–Kier alpha value is -2.34. The zero-order valence-corrected chi connectivity index (χ0v) is 14.6. The summed E-state index contributed by atoms with van der Waals surface area (Å²) in [6.07, 6.45) is 1.99. The van der Waals surface area contributed by atoms with Crippen molar-refractivity contribution in [3.63, 3.8) is 0 Å². The van der Waals surface area contributed by atoms with Crippen molar-refractivity contribution < 1.29 is 13.2 Å². The molecule has 0 bridgehead atoms. The van der Waals surface area contributed by atoms with E-state index in [2.05, 4.69) is 29.1 Å². The number of carbonyl (C=O) groups excluding carboxylic acids is 1. The molecule has 2 rings (SSSR count). The summed E-state index contributed by atoms with van der Waals surface area (Å²) in [7, 11) is -3.37. The molecule has 0 aliphatic rings. The van der Waals surface area contributed by atoms with Crippen LogP contribution in [0.3, 0.4) is 0 Å². The van der Waals surface area contributed by atoms with Crippen molar-refractivity contribution in [1.82, 2.24) is 5.32 Å². The molecule has 1 atom stereocenters. The Balaban J connectivity index is 2.03. The molecule has 0 spiro atoms. The molecule has 0 saturated carbocycles. The Labute approximate surface area is 143 Å². The van der Waals surface area contributed by atoms with Crippen molar-refractivity contribution in [1.29, 1.82) is 0 Å². The van der Waals surface area contributed by atoms with Crippen molar-refractivity contribution in [3.05, 3.63) is 65.7 Å². The van der Waals surface area contributed by atoms with Crippen molar-refractivity contribution in [2.24, 2.45) is 0 Å². The summed E-state index contributed by atoms with van der Waals surface area (Å²) in [6, 6.07) is 16.5. The summed E-state index contributed by atoms with van der Waals surface area (Å²) < 4.78 is 24.9. The van der Waals surface area contributed by atoms with Gasteiger partial charge in [-0.3, -0.25) is 9.52 Å². The van der Waals surface area contributed by atoms with Crippen LogP contribution < -0.4 is 10.0 Å². The van der Waals surface area contributed by atoms with Gasteiger partial charge < -0.3 is 5.32 Å². The smallest absolute Gasteiger partial charge is 0.251 e. The van der Waals surface area contributed by atoms with Crippen LogP contribution in [0.15, 0.2) is 54.6 Å². The number of hydrogen-bond acceptors (Lipinski definition) is 3. The van der Waals surface area contributed by atoms with Gasteiger partial charge in [0.05, 0.1) is 6.26 Å². The third kappa shape index (κ3) is 5.38. The topological polar surface area (TPSA) is 75.3 Å². The molecule has 2 N–H and O–H groups in total. The van der Waals surface area contributed by atoms with E-state index in [9.17, 15) is 13.2 Å². The Morgan fingerprint density at radius 1 is 1.08 bits per heavy atom. The molecule has 2 aromatic carbocycles. The number of amides is 1. The van der Waals surface area contributed by atoms with Gasteiger partial charge in [0.25, 0.3) is 5.91 Å². The zero-order valence-electron chi connectivity index (χ0n) is 13.8. The second-order valence-electron chi connectivity index (χ2n) is 5.68. The van der Waals surface area contributed by atoms with E-state index >= 15 is 0 Å². The van der Waals surface area contributed by atoms with E-state index in [1.807, 2.05) is 18.2 Å². The minimum Gasteiger partial charge on any atom is -0.351 e. The minimum absolute atomic E-state index is 0.221. The molecule has 0 aliphatic heterocycles. The van der Waals surface area contributed by atoms with Crippen LogP contribution in [-0.4, -0.2) is 27.1 Å². The fraction of sp³-hybridized carbons (Fsp3) is 0.278. The molecular weight excluding hydrogens is 324 g/mol. The van der Waals surface area contributed by atoms with Crippen molar-refractivity contribution >= 4 is 21.6 Å². The van der Waals surface area contributed by atoms with Gasteiger partial charge in [-0.25, -0.2) is 8.42 Å². The fourth-order valence-electron chi connectivity index (χ4n) is 2.48. The largest absolute Gasteiger partial charge is 0.351 e. The lowest BCUT2D eigenvalue weighted by molar-refractivity contribution is 0.0951. The number of nitrogens with one attached hydrogen (secondary N) is 2. The third-order valence-electron chi connectivity index (χ3n) is 3.70. The van der Waals surface area contributed by atoms with Gasteiger partial charge in [0, 0.05) is 23.7 Å². The first-order valence-electron chi connectivity index (χ1n) is 7.80. The van der Waals surface area contributed by atoms with E-state index in [1.165, 1.54) is 11.6 Å². The second kappa shape index (κ2) is 7.97. The first-order chi connectivity index (χ1) is 11.4. The minimum atomic E-state index is -3.37. The summed E-state index contributed by atoms with van der Waals surface area (Å²) in [4.78, 5) is 12.3. The Kier molecular flexibility index (Phi) is 5.98. The van der Waals surface area contributed by atoms with Crippen LogP contribution in [0.1, 0.15) is 35.2 Å². The zero-order chi connectivity index (χ0) is 17.6. The molecule has 0 aromatic heterocycles. The number of benzene rings is 2. The maximum absolute atomic E-state index is 12.3. The van der Waals surface area contributed by atoms with Gasteiger partial charge in [-0.1, -0.05) is 43.3 Å². The molecule has 24 heavy (non-hydrogen) atoms. The predicted molar refractivity (Wildman–Crippen MR) is 96.7 cm³/mol. The highest BCUT2D eigenvalue weighted by molar-refractivity contribution is 7.92. The summed E-state index contributed by atoms with van der Waals surface area (Å²) >= 11 is 0. The van der Waals surface area contributed by atoms with Crippen LogP contribution in [0.5, 0.6) is 0 Å². The van der Waals surface area contributed by atoms with Crippen molar-refractivity contribution in [2.45, 2.75) is 19.3 Å². The number of carbonyl (C=O) groups is 1. The van der Waals surface area contributed by atoms with Gasteiger partial charge in [0.2, 0.25) is 10.0 Å². The van der Waals surface area contributed by atoms with Gasteiger partial charge in [0.15, 0.2) is 0 Å². The Morgan fingerprint density at radius 3 is 2.42 bits per heavy atom. The van der Waals surface area contributed by atoms with Crippen LogP contribution >= 0.6 is 0 Å². The molecule has 2 aromatic rings. The standard InChI is InChI=1S/C18H22N2O3S/c1-3-14(15-8-5-4-6-9-15)13-19-18(21)16-10-7-11-17(12-16)20-24(2,22)23/h4-12,14,20H,3,13H2,1-2H3,(H,19,21)/t14-/m1/s1. The number of sulfonamides is 1. The Morgan fingerprint density at radius 2 is 1.79 bits per heavy atom. The average molecular weight is 346 g/mol. The molecule has 1 amide bonds. The predicted octanol–water partition coefficient (Wildman–Crippen LogP) is 2.98. The SMILES string of the molecule is CC[C@H](CNC(=O)c1cccc(NS(C)(=O)=O)c1)c1ccccc1. The highest BCUT2D eigenvalue weighted by Gasteiger charge is 2.12. The van der Waals surface area contributed by atoms with Crippen molar-refractivity contribution in [3.8, 4) is 0 Å². The van der Waals surface area contributed by atoms with E-state index < -0.39 is 10.0 Å². The molecule has 128 valence electrons. The summed E-state index contributed by atoms with van der Waals surface area (Å²) in [5.74, 6) is 0.0222. The Bertz CT molecular complexity index is 789. The molecule has 0 fully saturated rings. The first kappa shape index (κ1) is 18.0. The highest BCUT2D eigenvalue weighted by atomic mass is 32.2. The molecule has 0 unspecified atom stereocenters. The van der Waals surface area contributed by atoms with Crippen molar-refractivity contribution in [2.75, 3.05) is 17.5 Å². The normalized spacial score (nSPS) is 12.4. The lowest BCUT2D eigenvalue weighted by atomic mass is 9.96. The number of rotatable bonds is 7. The molecule has 5 nitrogen and oxygen atoms in total. The number of hydrogen-bond donors (Lipinski definition) is 2.